The van der Waals surface area contributed by atoms with E-state index in [-0.39, 0.29) is 5.41 Å². The first-order chi connectivity index (χ1) is 13.5. The van der Waals surface area contributed by atoms with Crippen molar-refractivity contribution in [3.63, 3.8) is 0 Å². The number of benzene rings is 3. The molecule has 0 saturated heterocycles. The molecule has 0 spiro atoms. The van der Waals surface area contributed by atoms with E-state index in [2.05, 4.69) is 92.0 Å². The second kappa shape index (κ2) is 7.08. The molecule has 0 bridgehead atoms. The van der Waals surface area contributed by atoms with Crippen LogP contribution in [0.1, 0.15) is 36.4 Å². The summed E-state index contributed by atoms with van der Waals surface area (Å²) in [6.07, 6.45) is 0. The van der Waals surface area contributed by atoms with Gasteiger partial charge in [0.1, 0.15) is 5.82 Å². The van der Waals surface area contributed by atoms with Crippen molar-refractivity contribution in [2.24, 2.45) is 0 Å². The minimum atomic E-state index is -0.293. The summed E-state index contributed by atoms with van der Waals surface area (Å²) in [6.45, 7) is 8.69. The fourth-order valence-electron chi connectivity index (χ4n) is 3.73. The summed E-state index contributed by atoms with van der Waals surface area (Å²) < 4.78 is 2.22. The summed E-state index contributed by atoms with van der Waals surface area (Å²) in [5, 5.41) is 9.32. The van der Waals surface area contributed by atoms with E-state index in [1.807, 2.05) is 24.3 Å². The molecule has 0 aliphatic rings. The fourth-order valence-corrected chi connectivity index (χ4v) is 3.73. The smallest absolute Gasteiger partial charge is 0.168 e. The Morgan fingerprint density at radius 1 is 0.750 bits per heavy atom. The molecule has 0 unspecified atom stereocenters. The molecule has 4 aromatic rings. The lowest BCUT2D eigenvalue weighted by Gasteiger charge is -2.26. The molecule has 0 atom stereocenters. The third-order valence-corrected chi connectivity index (χ3v) is 5.34. The molecule has 0 amide bonds. The predicted molar refractivity (Wildman–Crippen MR) is 115 cm³/mol. The first-order valence-electron chi connectivity index (χ1n) is 9.63. The Kier molecular flexibility index (Phi) is 4.60. The molecule has 0 fully saturated rings. The molecule has 3 aromatic carbocycles. The lowest BCUT2D eigenvalue weighted by Crippen LogP contribution is -2.24. The molecular formula is C25H25N3. The first kappa shape index (κ1) is 18.2. The Labute approximate surface area is 166 Å². The van der Waals surface area contributed by atoms with Crippen LogP contribution in [0.4, 0.5) is 0 Å². The first-order valence-corrected chi connectivity index (χ1v) is 9.63. The lowest BCUT2D eigenvalue weighted by atomic mass is 9.83. The maximum atomic E-state index is 4.69. The van der Waals surface area contributed by atoms with E-state index in [0.29, 0.717) is 0 Å². The van der Waals surface area contributed by atoms with Crippen molar-refractivity contribution in [3.8, 4) is 17.1 Å². The Morgan fingerprint density at radius 3 is 2.04 bits per heavy atom. The molecule has 1 aromatic heterocycles. The molecular weight excluding hydrogens is 342 g/mol. The van der Waals surface area contributed by atoms with Gasteiger partial charge in [0, 0.05) is 5.56 Å². The highest BCUT2D eigenvalue weighted by molar-refractivity contribution is 5.61. The predicted octanol–water partition coefficient (Wildman–Crippen LogP) is 5.88. The second-order valence-corrected chi connectivity index (χ2v) is 7.83. The highest BCUT2D eigenvalue weighted by atomic mass is 15.3. The standard InChI is InChI=1S/C25H25N3/c1-18-15-16-22(19(2)17-18)28-23(20-11-7-5-8-12-20)26-27-24(28)25(3,4)21-13-9-6-10-14-21/h5-17H,1-4H3. The van der Waals surface area contributed by atoms with Gasteiger partial charge in [-0.2, -0.15) is 0 Å². The van der Waals surface area contributed by atoms with Crippen molar-refractivity contribution in [2.75, 3.05) is 0 Å². The number of nitrogens with zero attached hydrogens (tertiary/aromatic N) is 3. The maximum absolute atomic E-state index is 4.69. The molecule has 0 radical (unpaired) electrons. The summed E-state index contributed by atoms with van der Waals surface area (Å²) in [6, 6.07) is 27.3. The van der Waals surface area contributed by atoms with E-state index < -0.39 is 0 Å². The zero-order valence-corrected chi connectivity index (χ0v) is 16.8. The van der Waals surface area contributed by atoms with Gasteiger partial charge in [0.15, 0.2) is 5.82 Å². The van der Waals surface area contributed by atoms with E-state index >= 15 is 0 Å². The molecule has 0 N–H and O–H groups in total. The molecule has 4 rings (SSSR count). The van der Waals surface area contributed by atoms with Crippen LogP contribution in [0.15, 0.2) is 78.9 Å². The van der Waals surface area contributed by atoms with Gasteiger partial charge in [-0.1, -0.05) is 78.4 Å². The summed E-state index contributed by atoms with van der Waals surface area (Å²) in [4.78, 5) is 0. The zero-order chi connectivity index (χ0) is 19.7. The largest absolute Gasteiger partial charge is 0.278 e. The van der Waals surface area contributed by atoms with E-state index in [9.17, 15) is 0 Å². The lowest BCUT2D eigenvalue weighted by molar-refractivity contribution is 0.576. The molecule has 0 aliphatic carbocycles. The Morgan fingerprint density at radius 2 is 1.39 bits per heavy atom. The van der Waals surface area contributed by atoms with Gasteiger partial charge in [0.05, 0.1) is 11.1 Å². The summed E-state index contributed by atoms with van der Waals surface area (Å²) in [5.74, 6) is 1.80. The normalized spacial score (nSPS) is 11.6. The Hall–Kier alpha value is -3.20. The SMILES string of the molecule is Cc1ccc(-n2c(-c3ccccc3)nnc2C(C)(C)c2ccccc2)c(C)c1. The van der Waals surface area contributed by atoms with Gasteiger partial charge in [0.25, 0.3) is 0 Å². The van der Waals surface area contributed by atoms with Crippen molar-refractivity contribution in [1.82, 2.24) is 14.8 Å². The highest BCUT2D eigenvalue weighted by Crippen LogP contribution is 2.35. The van der Waals surface area contributed by atoms with E-state index in [0.717, 1.165) is 22.9 Å². The third kappa shape index (κ3) is 3.13. The minimum absolute atomic E-state index is 0.293. The number of rotatable bonds is 4. The number of aryl methyl sites for hydroxylation is 2. The maximum Gasteiger partial charge on any atom is 0.168 e. The molecule has 3 nitrogen and oxygen atoms in total. The minimum Gasteiger partial charge on any atom is -0.278 e. The summed E-state index contributed by atoms with van der Waals surface area (Å²) >= 11 is 0. The highest BCUT2D eigenvalue weighted by Gasteiger charge is 2.31. The van der Waals surface area contributed by atoms with Gasteiger partial charge in [-0.25, -0.2) is 0 Å². The zero-order valence-electron chi connectivity index (χ0n) is 16.8. The molecule has 140 valence electrons. The van der Waals surface area contributed by atoms with Crippen molar-refractivity contribution in [3.05, 3.63) is 101 Å². The van der Waals surface area contributed by atoms with Gasteiger partial charge in [-0.05, 0) is 44.9 Å². The average Bonchev–Trinajstić information content (AvgIpc) is 3.15. The number of aromatic nitrogens is 3. The number of hydrogen-bond donors (Lipinski definition) is 0. The van der Waals surface area contributed by atoms with Crippen LogP contribution in [0, 0.1) is 13.8 Å². The van der Waals surface area contributed by atoms with Crippen LogP contribution in [0.5, 0.6) is 0 Å². The van der Waals surface area contributed by atoms with Gasteiger partial charge in [-0.3, -0.25) is 4.57 Å². The monoisotopic (exact) mass is 367 g/mol. The molecule has 1 heterocycles. The Bertz CT molecular complexity index is 1090. The van der Waals surface area contributed by atoms with Gasteiger partial charge < -0.3 is 0 Å². The van der Waals surface area contributed by atoms with Crippen LogP contribution >= 0.6 is 0 Å². The van der Waals surface area contributed by atoms with Crippen LogP contribution in [0.2, 0.25) is 0 Å². The van der Waals surface area contributed by atoms with E-state index in [1.54, 1.807) is 0 Å². The quantitative estimate of drug-likeness (QED) is 0.451. The van der Waals surface area contributed by atoms with Crippen LogP contribution in [-0.2, 0) is 5.41 Å². The fraction of sp³-hybridized carbons (Fsp3) is 0.200. The van der Waals surface area contributed by atoms with E-state index in [4.69, 9.17) is 5.10 Å². The Balaban J connectivity index is 1.99. The number of hydrogen-bond acceptors (Lipinski definition) is 2. The van der Waals surface area contributed by atoms with Crippen molar-refractivity contribution in [2.45, 2.75) is 33.1 Å². The van der Waals surface area contributed by atoms with Gasteiger partial charge >= 0.3 is 0 Å². The van der Waals surface area contributed by atoms with Gasteiger partial charge in [0.2, 0.25) is 0 Å². The molecule has 0 saturated carbocycles. The van der Waals surface area contributed by atoms with Crippen LogP contribution < -0.4 is 0 Å². The van der Waals surface area contributed by atoms with Crippen LogP contribution in [0.25, 0.3) is 17.1 Å². The van der Waals surface area contributed by atoms with Crippen molar-refractivity contribution >= 4 is 0 Å². The molecule has 0 aliphatic heterocycles. The van der Waals surface area contributed by atoms with Gasteiger partial charge in [-0.15, -0.1) is 10.2 Å². The van der Waals surface area contributed by atoms with Crippen molar-refractivity contribution < 1.29 is 0 Å². The summed E-state index contributed by atoms with van der Waals surface area (Å²) in [5.41, 5.74) is 5.56. The van der Waals surface area contributed by atoms with Crippen LogP contribution in [0.3, 0.4) is 0 Å². The summed E-state index contributed by atoms with van der Waals surface area (Å²) in [7, 11) is 0. The van der Waals surface area contributed by atoms with Crippen LogP contribution in [-0.4, -0.2) is 14.8 Å². The van der Waals surface area contributed by atoms with Crippen molar-refractivity contribution in [1.29, 1.82) is 0 Å². The van der Waals surface area contributed by atoms with E-state index in [1.165, 1.54) is 16.7 Å². The second-order valence-electron chi connectivity index (χ2n) is 7.83. The molecule has 3 heteroatoms. The average molecular weight is 367 g/mol. The molecule has 28 heavy (non-hydrogen) atoms. The topological polar surface area (TPSA) is 30.7 Å². The third-order valence-electron chi connectivity index (χ3n) is 5.34.